The number of aromatic nitrogens is 2. The molecule has 3 aromatic rings. The van der Waals surface area contributed by atoms with Gasteiger partial charge in [0.2, 0.25) is 0 Å². The van der Waals surface area contributed by atoms with E-state index < -0.39 is 24.4 Å². The van der Waals surface area contributed by atoms with E-state index in [1.54, 1.807) is 17.0 Å². The van der Waals surface area contributed by atoms with E-state index in [1.165, 1.54) is 18.2 Å². The van der Waals surface area contributed by atoms with Crippen LogP contribution in [-0.4, -0.2) is 34.2 Å². The molecule has 3 N–H and O–H groups in total. The maximum atomic E-state index is 12.0. The van der Waals surface area contributed by atoms with Gasteiger partial charge in [0.05, 0.1) is 17.8 Å². The van der Waals surface area contributed by atoms with Crippen molar-refractivity contribution >= 4 is 51.8 Å². The van der Waals surface area contributed by atoms with Crippen molar-refractivity contribution in [3.05, 3.63) is 74.9 Å². The Morgan fingerprint density at radius 1 is 1.22 bits per heavy atom. The summed E-state index contributed by atoms with van der Waals surface area (Å²) in [4.78, 5) is 35.3. The molecule has 10 heteroatoms. The summed E-state index contributed by atoms with van der Waals surface area (Å²) in [6, 6.07) is 9.54. The van der Waals surface area contributed by atoms with Crippen LogP contribution in [0, 0.1) is 13.8 Å². The second kappa shape index (κ2) is 10.3. The summed E-state index contributed by atoms with van der Waals surface area (Å²) in [6.07, 6.45) is 2.68. The zero-order valence-corrected chi connectivity index (χ0v) is 19.0. The minimum Gasteiger partial charge on any atom is -0.452 e. The first kappa shape index (κ1) is 23.2. The van der Waals surface area contributed by atoms with Crippen LogP contribution >= 0.6 is 22.9 Å². The number of hydrogen-bond donors (Lipinski definition) is 2. The second-order valence-electron chi connectivity index (χ2n) is 6.95. The van der Waals surface area contributed by atoms with E-state index in [4.69, 9.17) is 22.1 Å². The number of nitrogens with one attached hydrogen (secondary N) is 1. The lowest BCUT2D eigenvalue weighted by atomic mass is 10.1. The van der Waals surface area contributed by atoms with Crippen LogP contribution in [0.15, 0.2) is 41.8 Å². The molecule has 0 aliphatic rings. The van der Waals surface area contributed by atoms with Crippen LogP contribution < -0.4 is 11.1 Å². The molecule has 1 aromatic carbocycles. The largest absolute Gasteiger partial charge is 0.452 e. The highest BCUT2D eigenvalue weighted by molar-refractivity contribution is 7.14. The fourth-order valence-electron chi connectivity index (χ4n) is 2.83. The number of esters is 1. The van der Waals surface area contributed by atoms with Crippen LogP contribution in [0.4, 0.5) is 5.00 Å². The molecule has 0 atom stereocenters. The van der Waals surface area contributed by atoms with E-state index in [1.807, 2.05) is 31.2 Å². The highest BCUT2D eigenvalue weighted by atomic mass is 35.5. The first-order valence-corrected chi connectivity index (χ1v) is 10.8. The lowest BCUT2D eigenvalue weighted by Crippen LogP contribution is -2.21. The Labute approximate surface area is 193 Å². The molecule has 8 nitrogen and oxygen atoms in total. The van der Waals surface area contributed by atoms with Crippen LogP contribution in [0.2, 0.25) is 5.15 Å². The third-order valence-electron chi connectivity index (χ3n) is 4.48. The van der Waals surface area contributed by atoms with Crippen molar-refractivity contribution in [2.24, 2.45) is 5.73 Å². The van der Waals surface area contributed by atoms with Gasteiger partial charge in [-0.3, -0.25) is 9.59 Å². The number of amides is 2. The molecule has 0 aliphatic heterocycles. The average molecular weight is 473 g/mol. The summed E-state index contributed by atoms with van der Waals surface area (Å²) in [5, 5.41) is 9.23. The maximum absolute atomic E-state index is 12.0. The van der Waals surface area contributed by atoms with E-state index in [0.29, 0.717) is 28.0 Å². The molecule has 0 bridgehead atoms. The number of carbonyl (C=O) groups is 3. The van der Waals surface area contributed by atoms with Crippen molar-refractivity contribution in [3.63, 3.8) is 0 Å². The van der Waals surface area contributed by atoms with Crippen molar-refractivity contribution < 1.29 is 19.1 Å². The fourth-order valence-corrected chi connectivity index (χ4v) is 3.93. The molecular weight excluding hydrogens is 452 g/mol. The number of aryl methyl sites for hydroxylation is 2. The van der Waals surface area contributed by atoms with Crippen LogP contribution in [0.1, 0.15) is 32.7 Å². The first-order chi connectivity index (χ1) is 15.2. The summed E-state index contributed by atoms with van der Waals surface area (Å²) in [5.74, 6) is -1.96. The Balaban J connectivity index is 1.57. The number of benzene rings is 1. The molecule has 0 radical (unpaired) electrons. The molecule has 2 amide bonds. The van der Waals surface area contributed by atoms with Crippen LogP contribution in [-0.2, 0) is 20.9 Å². The van der Waals surface area contributed by atoms with Crippen molar-refractivity contribution in [2.75, 3.05) is 11.9 Å². The number of thiophene rings is 1. The number of ether oxygens (including phenoxy) is 1. The van der Waals surface area contributed by atoms with E-state index >= 15 is 0 Å². The van der Waals surface area contributed by atoms with Gasteiger partial charge in [-0.2, -0.15) is 5.10 Å². The third kappa shape index (κ3) is 5.83. The lowest BCUT2D eigenvalue weighted by Gasteiger charge is -2.05. The number of hydrogen-bond acceptors (Lipinski definition) is 6. The molecule has 32 heavy (non-hydrogen) atoms. The summed E-state index contributed by atoms with van der Waals surface area (Å²) in [7, 11) is 0. The number of rotatable bonds is 8. The third-order valence-corrected chi connectivity index (χ3v) is 5.71. The van der Waals surface area contributed by atoms with Crippen molar-refractivity contribution in [3.8, 4) is 0 Å². The van der Waals surface area contributed by atoms with Gasteiger partial charge in [0, 0.05) is 11.6 Å². The van der Waals surface area contributed by atoms with Gasteiger partial charge in [-0.1, -0.05) is 41.4 Å². The number of nitrogens with zero attached hydrogens (tertiary/aromatic N) is 2. The van der Waals surface area contributed by atoms with Crippen LogP contribution in [0.3, 0.4) is 0 Å². The number of anilines is 1. The zero-order chi connectivity index (χ0) is 23.3. The van der Waals surface area contributed by atoms with Gasteiger partial charge in [-0.15, -0.1) is 11.3 Å². The van der Waals surface area contributed by atoms with E-state index in [0.717, 1.165) is 22.5 Å². The Bertz CT molecular complexity index is 1180. The van der Waals surface area contributed by atoms with Gasteiger partial charge in [-0.25, -0.2) is 9.48 Å². The topological polar surface area (TPSA) is 116 Å². The fraction of sp³-hybridized carbons (Fsp3) is 0.182. The Hall–Kier alpha value is -3.43. The molecule has 0 fully saturated rings. The van der Waals surface area contributed by atoms with Gasteiger partial charge >= 0.3 is 5.97 Å². The summed E-state index contributed by atoms with van der Waals surface area (Å²) >= 11 is 7.58. The van der Waals surface area contributed by atoms with E-state index in [2.05, 4.69) is 10.4 Å². The summed E-state index contributed by atoms with van der Waals surface area (Å²) in [5.41, 5.74) is 8.88. The molecule has 0 unspecified atom stereocenters. The van der Waals surface area contributed by atoms with Gasteiger partial charge < -0.3 is 15.8 Å². The molecule has 166 valence electrons. The number of halogens is 1. The molecule has 0 spiro atoms. The van der Waals surface area contributed by atoms with Crippen LogP contribution in [0.25, 0.3) is 6.08 Å². The molecule has 0 aliphatic carbocycles. The summed E-state index contributed by atoms with van der Waals surface area (Å²) in [6.45, 7) is 3.78. The second-order valence-corrected chi connectivity index (χ2v) is 8.22. The monoisotopic (exact) mass is 472 g/mol. The number of primary amides is 1. The SMILES string of the molecule is Cc1ccc(Cn2nc(C)c(C=CC(=O)OCC(=O)Nc3sccc3C(N)=O)c2Cl)cc1. The van der Waals surface area contributed by atoms with Crippen LogP contribution in [0.5, 0.6) is 0 Å². The average Bonchev–Trinajstić information content (AvgIpc) is 3.31. The minimum absolute atomic E-state index is 0.197. The van der Waals surface area contributed by atoms with Gasteiger partial charge in [0.15, 0.2) is 6.61 Å². The summed E-state index contributed by atoms with van der Waals surface area (Å²) < 4.78 is 6.60. The minimum atomic E-state index is -0.719. The Morgan fingerprint density at radius 3 is 2.62 bits per heavy atom. The molecule has 2 aromatic heterocycles. The zero-order valence-electron chi connectivity index (χ0n) is 17.4. The van der Waals surface area contributed by atoms with Gasteiger partial charge in [-0.05, 0) is 36.9 Å². The molecule has 2 heterocycles. The van der Waals surface area contributed by atoms with Gasteiger partial charge in [0.25, 0.3) is 11.8 Å². The van der Waals surface area contributed by atoms with E-state index in [-0.39, 0.29) is 5.56 Å². The van der Waals surface area contributed by atoms with Crippen molar-refractivity contribution in [2.45, 2.75) is 20.4 Å². The molecular formula is C22H21ClN4O4S. The molecule has 3 rings (SSSR count). The predicted octanol–water partition coefficient (Wildman–Crippen LogP) is 3.56. The highest BCUT2D eigenvalue weighted by Gasteiger charge is 2.14. The van der Waals surface area contributed by atoms with Gasteiger partial charge in [0.1, 0.15) is 10.2 Å². The molecule has 0 saturated carbocycles. The molecule has 0 saturated heterocycles. The number of carbonyl (C=O) groups excluding carboxylic acids is 3. The van der Waals surface area contributed by atoms with Crippen molar-refractivity contribution in [1.82, 2.24) is 9.78 Å². The lowest BCUT2D eigenvalue weighted by molar-refractivity contribution is -0.142. The first-order valence-electron chi connectivity index (χ1n) is 9.55. The normalized spacial score (nSPS) is 11.0. The Morgan fingerprint density at radius 2 is 1.94 bits per heavy atom. The smallest absolute Gasteiger partial charge is 0.331 e. The van der Waals surface area contributed by atoms with E-state index in [9.17, 15) is 14.4 Å². The van der Waals surface area contributed by atoms with Crippen molar-refractivity contribution in [1.29, 1.82) is 0 Å². The predicted molar refractivity (Wildman–Crippen MR) is 124 cm³/mol. The standard InChI is InChI=1S/C22H21ClN4O4S/c1-13-3-5-15(6-4-13)11-27-20(23)16(14(2)26-27)7-8-19(29)31-12-18(28)25-22-17(21(24)30)9-10-32-22/h3-10H,11-12H2,1-2H3,(H2,24,30)(H,25,28). The highest BCUT2D eigenvalue weighted by Crippen LogP contribution is 2.23. The maximum Gasteiger partial charge on any atom is 0.331 e. The Kier molecular flexibility index (Phi) is 7.45. The number of nitrogens with two attached hydrogens (primary N) is 1. The quantitative estimate of drug-likeness (QED) is 0.384.